The predicted molar refractivity (Wildman–Crippen MR) is 86.5 cm³/mol. The van der Waals surface area contributed by atoms with Crippen LogP contribution in [0.25, 0.3) is 0 Å². The van der Waals surface area contributed by atoms with Crippen LogP contribution in [0.4, 0.5) is 13.2 Å². The molecule has 1 aromatic heterocycles. The number of carbonyl (C=O) groups excluding carboxylic acids is 1. The Morgan fingerprint density at radius 1 is 1.42 bits per heavy atom. The highest BCUT2D eigenvalue weighted by Crippen LogP contribution is 2.31. The summed E-state index contributed by atoms with van der Waals surface area (Å²) < 4.78 is 48.6. The first kappa shape index (κ1) is 18.0. The van der Waals surface area contributed by atoms with Crippen molar-refractivity contribution in [1.29, 1.82) is 0 Å². The van der Waals surface area contributed by atoms with Gasteiger partial charge in [0.25, 0.3) is 5.91 Å². The lowest BCUT2D eigenvalue weighted by molar-refractivity contribution is -0.137. The first-order chi connectivity index (χ1) is 12.4. The average molecular weight is 366 g/mol. The first-order valence-electron chi connectivity index (χ1n) is 8.10. The fourth-order valence-corrected chi connectivity index (χ4v) is 2.69. The highest BCUT2D eigenvalue weighted by molar-refractivity contribution is 5.92. The van der Waals surface area contributed by atoms with E-state index < -0.39 is 11.7 Å². The highest BCUT2D eigenvalue weighted by Gasteiger charge is 2.30. The van der Waals surface area contributed by atoms with Crippen molar-refractivity contribution in [3.8, 4) is 5.75 Å². The molecule has 3 rings (SSSR count). The van der Waals surface area contributed by atoms with Gasteiger partial charge in [-0.1, -0.05) is 25.1 Å². The molecule has 0 bridgehead atoms. The van der Waals surface area contributed by atoms with Gasteiger partial charge in [0, 0.05) is 6.54 Å². The smallest absolute Gasteiger partial charge is 0.416 e. The van der Waals surface area contributed by atoms with Crippen molar-refractivity contribution in [3.05, 3.63) is 59.8 Å². The third kappa shape index (κ3) is 3.89. The van der Waals surface area contributed by atoms with Crippen LogP contribution in [-0.2, 0) is 12.8 Å². The van der Waals surface area contributed by atoms with E-state index in [1.807, 2.05) is 19.1 Å². The largest absolute Gasteiger partial charge is 0.484 e. The van der Waals surface area contributed by atoms with Crippen LogP contribution in [0.3, 0.4) is 0 Å². The molecule has 8 heteroatoms. The van der Waals surface area contributed by atoms with Crippen molar-refractivity contribution >= 4 is 5.91 Å². The number of ether oxygens (including phenoxy) is 1. The van der Waals surface area contributed by atoms with Gasteiger partial charge in [0.05, 0.1) is 11.6 Å². The van der Waals surface area contributed by atoms with Crippen molar-refractivity contribution in [2.45, 2.75) is 32.2 Å². The summed E-state index contributed by atoms with van der Waals surface area (Å²) in [5.74, 6) is -0.0948. The second-order valence-corrected chi connectivity index (χ2v) is 5.80. The zero-order valence-corrected chi connectivity index (χ0v) is 14.0. The minimum atomic E-state index is -4.44. The normalized spacial score (nSPS) is 16.9. The van der Waals surface area contributed by atoms with Crippen molar-refractivity contribution in [3.63, 3.8) is 0 Å². The Hall–Kier alpha value is -2.77. The third-order valence-corrected chi connectivity index (χ3v) is 4.03. The van der Waals surface area contributed by atoms with E-state index in [9.17, 15) is 18.0 Å². The maximum absolute atomic E-state index is 12.7. The van der Waals surface area contributed by atoms with Gasteiger partial charge in [-0.25, -0.2) is 4.98 Å². The number of oxazole rings is 1. The van der Waals surface area contributed by atoms with Gasteiger partial charge in [0.15, 0.2) is 12.3 Å². The molecule has 0 saturated heterocycles. The van der Waals surface area contributed by atoms with Crippen molar-refractivity contribution in [2.24, 2.45) is 0 Å². The summed E-state index contributed by atoms with van der Waals surface area (Å²) in [6, 6.07) is 4.56. The Balaban J connectivity index is 1.63. The summed E-state index contributed by atoms with van der Waals surface area (Å²) in [5.41, 5.74) is -0.653. The number of hydrogen-bond acceptors (Lipinski definition) is 4. The Labute approximate surface area is 148 Å². The van der Waals surface area contributed by atoms with Crippen LogP contribution >= 0.6 is 0 Å². The number of nitrogens with zero attached hydrogens (tertiary/aromatic N) is 2. The number of carbonyl (C=O) groups is 1. The highest BCUT2D eigenvalue weighted by atomic mass is 19.4. The lowest BCUT2D eigenvalue weighted by atomic mass is 10.2. The van der Waals surface area contributed by atoms with Gasteiger partial charge < -0.3 is 14.1 Å². The summed E-state index contributed by atoms with van der Waals surface area (Å²) in [5, 5.41) is 0. The lowest BCUT2D eigenvalue weighted by Crippen LogP contribution is -2.35. The SMILES string of the molecule is CC[C@@H]1C=CCN1C(=O)c1coc(COc2cccc(C(F)(F)F)c2)n1. The van der Waals surface area contributed by atoms with Crippen LogP contribution in [0.5, 0.6) is 5.75 Å². The minimum Gasteiger partial charge on any atom is -0.484 e. The summed E-state index contributed by atoms with van der Waals surface area (Å²) in [6.07, 6.45) is 1.48. The number of halogens is 3. The van der Waals surface area contributed by atoms with E-state index in [4.69, 9.17) is 9.15 Å². The van der Waals surface area contributed by atoms with Gasteiger partial charge in [-0.3, -0.25) is 4.79 Å². The molecule has 1 aromatic carbocycles. The van der Waals surface area contributed by atoms with Crippen LogP contribution in [0.1, 0.15) is 35.3 Å². The number of aromatic nitrogens is 1. The molecule has 26 heavy (non-hydrogen) atoms. The first-order valence-corrected chi connectivity index (χ1v) is 8.10. The molecule has 1 atom stereocenters. The van der Waals surface area contributed by atoms with Crippen LogP contribution in [0.2, 0.25) is 0 Å². The van der Waals surface area contributed by atoms with Gasteiger partial charge >= 0.3 is 6.18 Å². The van der Waals surface area contributed by atoms with Crippen molar-refractivity contribution < 1.29 is 27.1 Å². The van der Waals surface area contributed by atoms with Crippen LogP contribution in [0.15, 0.2) is 47.1 Å². The quantitative estimate of drug-likeness (QED) is 0.749. The van der Waals surface area contributed by atoms with Gasteiger partial charge in [0.1, 0.15) is 12.0 Å². The fraction of sp³-hybridized carbons (Fsp3) is 0.333. The topological polar surface area (TPSA) is 55.6 Å². The van der Waals surface area contributed by atoms with E-state index in [1.165, 1.54) is 18.4 Å². The summed E-state index contributed by atoms with van der Waals surface area (Å²) in [6.45, 7) is 2.32. The Kier molecular flexibility index (Phi) is 5.01. The molecule has 2 aromatic rings. The molecule has 0 fully saturated rings. The predicted octanol–water partition coefficient (Wildman–Crippen LogP) is 4.06. The number of benzene rings is 1. The second kappa shape index (κ2) is 7.23. The summed E-state index contributed by atoms with van der Waals surface area (Å²) in [4.78, 5) is 18.2. The van der Waals surface area contributed by atoms with Gasteiger partial charge in [0.2, 0.25) is 5.89 Å². The molecule has 1 amide bonds. The molecule has 138 valence electrons. The molecule has 0 N–H and O–H groups in total. The maximum atomic E-state index is 12.7. The van der Waals surface area contributed by atoms with E-state index in [2.05, 4.69) is 4.98 Å². The molecule has 2 heterocycles. The van der Waals surface area contributed by atoms with Gasteiger partial charge in [-0.2, -0.15) is 13.2 Å². The minimum absolute atomic E-state index is 0.0315. The second-order valence-electron chi connectivity index (χ2n) is 5.80. The van der Waals surface area contributed by atoms with E-state index >= 15 is 0 Å². The fourth-order valence-electron chi connectivity index (χ4n) is 2.69. The molecule has 0 aliphatic carbocycles. The molecule has 0 radical (unpaired) electrons. The third-order valence-electron chi connectivity index (χ3n) is 4.03. The summed E-state index contributed by atoms with van der Waals surface area (Å²) in [7, 11) is 0. The number of rotatable bonds is 5. The number of hydrogen-bond donors (Lipinski definition) is 0. The molecule has 5 nitrogen and oxygen atoms in total. The number of amides is 1. The van der Waals surface area contributed by atoms with E-state index in [-0.39, 0.29) is 35.9 Å². The molecular formula is C18H17F3N2O3. The van der Waals surface area contributed by atoms with Crippen LogP contribution in [0, 0.1) is 0 Å². The Bertz CT molecular complexity index is 814. The standard InChI is InChI=1S/C18H17F3N2O3/c1-2-13-6-4-8-23(13)17(24)15-10-26-16(22-15)11-25-14-7-3-5-12(9-14)18(19,20)21/h3-7,9-10,13H,2,8,11H2,1H3/t13-/m1/s1. The zero-order chi connectivity index (χ0) is 18.7. The molecule has 0 saturated carbocycles. The molecule has 0 unspecified atom stereocenters. The van der Waals surface area contributed by atoms with Gasteiger partial charge in [-0.05, 0) is 24.6 Å². The number of alkyl halides is 3. The molecular weight excluding hydrogens is 349 g/mol. The average Bonchev–Trinajstić information content (AvgIpc) is 3.28. The lowest BCUT2D eigenvalue weighted by Gasteiger charge is -2.22. The Morgan fingerprint density at radius 2 is 2.23 bits per heavy atom. The van der Waals surface area contributed by atoms with Crippen molar-refractivity contribution in [2.75, 3.05) is 6.54 Å². The Morgan fingerprint density at radius 3 is 2.96 bits per heavy atom. The van der Waals surface area contributed by atoms with E-state index in [0.717, 1.165) is 18.6 Å². The zero-order valence-electron chi connectivity index (χ0n) is 14.0. The van der Waals surface area contributed by atoms with Crippen LogP contribution in [-0.4, -0.2) is 28.4 Å². The molecule has 1 aliphatic rings. The molecule has 0 spiro atoms. The van der Waals surface area contributed by atoms with E-state index in [0.29, 0.717) is 6.54 Å². The monoisotopic (exact) mass is 366 g/mol. The van der Waals surface area contributed by atoms with Crippen molar-refractivity contribution in [1.82, 2.24) is 9.88 Å². The van der Waals surface area contributed by atoms with E-state index in [1.54, 1.807) is 4.90 Å². The van der Waals surface area contributed by atoms with Crippen LogP contribution < -0.4 is 4.74 Å². The molecule has 1 aliphatic heterocycles. The maximum Gasteiger partial charge on any atom is 0.416 e. The van der Waals surface area contributed by atoms with Gasteiger partial charge in [-0.15, -0.1) is 0 Å². The summed E-state index contributed by atoms with van der Waals surface area (Å²) >= 11 is 0.